The van der Waals surface area contributed by atoms with Gasteiger partial charge in [-0.3, -0.25) is 5.10 Å². The fraction of sp³-hybridized carbons (Fsp3) is 0.417. The first-order valence-electron chi connectivity index (χ1n) is 5.45. The lowest BCUT2D eigenvalue weighted by Gasteiger charge is -2.03. The average Bonchev–Trinajstić information content (AvgIpc) is 2.72. The van der Waals surface area contributed by atoms with Crippen molar-refractivity contribution in [2.75, 3.05) is 12.5 Å². The largest absolute Gasteiger partial charge is 0.490 e. The van der Waals surface area contributed by atoms with E-state index in [2.05, 4.69) is 10.2 Å². The van der Waals surface area contributed by atoms with Crippen LogP contribution in [-0.4, -0.2) is 22.7 Å². The number of halogens is 1. The second-order valence-corrected chi connectivity index (χ2v) is 3.42. The molecule has 0 fully saturated rings. The maximum atomic E-state index is 5.55. The van der Waals surface area contributed by atoms with Crippen LogP contribution in [0.1, 0.15) is 19.5 Å². The van der Waals surface area contributed by atoms with Crippen molar-refractivity contribution in [1.29, 1.82) is 0 Å². The van der Waals surface area contributed by atoms with Crippen LogP contribution < -0.4 is 4.74 Å². The van der Waals surface area contributed by atoms with Gasteiger partial charge in [-0.25, -0.2) is 0 Å². The highest BCUT2D eigenvalue weighted by Gasteiger charge is 2.06. The molecule has 0 spiro atoms. The van der Waals surface area contributed by atoms with E-state index >= 15 is 0 Å². The highest BCUT2D eigenvalue weighted by molar-refractivity contribution is 6.18. The first-order chi connectivity index (χ1) is 7.83. The number of aromatic amines is 1. The Morgan fingerprint density at radius 3 is 2.81 bits per heavy atom. The molecule has 2 aromatic rings. The Balaban J connectivity index is 0.000000606. The summed E-state index contributed by atoms with van der Waals surface area (Å²) in [6, 6.07) is 5.87. The number of hydrogen-bond acceptors (Lipinski definition) is 2. The zero-order valence-electron chi connectivity index (χ0n) is 9.88. The summed E-state index contributed by atoms with van der Waals surface area (Å²) in [6.45, 7) is 6.49. The zero-order valence-corrected chi connectivity index (χ0v) is 10.6. The van der Waals surface area contributed by atoms with E-state index in [9.17, 15) is 0 Å². The van der Waals surface area contributed by atoms with E-state index in [4.69, 9.17) is 16.3 Å². The van der Waals surface area contributed by atoms with Gasteiger partial charge in [-0.2, -0.15) is 5.10 Å². The first kappa shape index (κ1) is 12.8. The smallest absolute Gasteiger partial charge is 0.147 e. The second kappa shape index (κ2) is 6.38. The van der Waals surface area contributed by atoms with Gasteiger partial charge in [-0.1, -0.05) is 26.0 Å². The SMILES string of the molecule is CC.Cc1[nH]nc2c(OCCCl)cccc12. The minimum Gasteiger partial charge on any atom is -0.490 e. The number of benzene rings is 1. The molecule has 2 rings (SSSR count). The Bertz CT molecular complexity index is 440. The molecule has 1 N–H and O–H groups in total. The molecule has 0 aliphatic heterocycles. The summed E-state index contributed by atoms with van der Waals surface area (Å²) in [5, 5.41) is 8.20. The number of fused-ring (bicyclic) bond motifs is 1. The van der Waals surface area contributed by atoms with E-state index < -0.39 is 0 Å². The van der Waals surface area contributed by atoms with Crippen LogP contribution in [0, 0.1) is 6.92 Å². The van der Waals surface area contributed by atoms with Gasteiger partial charge >= 0.3 is 0 Å². The highest BCUT2D eigenvalue weighted by atomic mass is 35.5. The van der Waals surface area contributed by atoms with E-state index in [1.54, 1.807) is 0 Å². The fourth-order valence-electron chi connectivity index (χ4n) is 1.41. The molecule has 1 aromatic heterocycles. The number of para-hydroxylation sites is 1. The lowest BCUT2D eigenvalue weighted by molar-refractivity contribution is 0.346. The average molecular weight is 241 g/mol. The maximum Gasteiger partial charge on any atom is 0.147 e. The normalized spacial score (nSPS) is 9.75. The predicted octanol–water partition coefficient (Wildman–Crippen LogP) is 3.52. The minimum atomic E-state index is 0.486. The first-order valence-corrected chi connectivity index (χ1v) is 5.99. The number of aromatic nitrogens is 2. The van der Waals surface area contributed by atoms with Crippen LogP contribution in [-0.2, 0) is 0 Å². The molecule has 0 bridgehead atoms. The molecule has 1 heterocycles. The van der Waals surface area contributed by atoms with Crippen LogP contribution >= 0.6 is 11.6 Å². The van der Waals surface area contributed by atoms with Gasteiger partial charge in [0.25, 0.3) is 0 Å². The van der Waals surface area contributed by atoms with Crippen molar-refractivity contribution >= 4 is 22.5 Å². The summed E-state index contributed by atoms with van der Waals surface area (Å²) in [4.78, 5) is 0. The number of alkyl halides is 1. The molecular formula is C12H17ClN2O. The molecule has 0 aliphatic rings. The molecule has 0 saturated carbocycles. The molecule has 0 atom stereocenters. The molecule has 0 unspecified atom stereocenters. The van der Waals surface area contributed by atoms with Crippen LogP contribution in [0.15, 0.2) is 18.2 Å². The molecule has 0 radical (unpaired) electrons. The summed E-state index contributed by atoms with van der Waals surface area (Å²) in [5.41, 5.74) is 1.92. The number of aryl methyl sites for hydroxylation is 1. The molecule has 4 heteroatoms. The van der Waals surface area contributed by atoms with Gasteiger partial charge in [0.05, 0.1) is 5.88 Å². The van der Waals surface area contributed by atoms with Crippen molar-refractivity contribution in [1.82, 2.24) is 10.2 Å². The molecule has 0 amide bonds. The standard InChI is InChI=1S/C10H11ClN2O.C2H6/c1-7-8-3-2-4-9(14-6-5-11)10(8)13-12-7;1-2/h2-4H,5-6H2,1H3,(H,12,13);1-2H3. The third-order valence-corrected chi connectivity index (χ3v) is 2.23. The molecule has 0 aliphatic carbocycles. The van der Waals surface area contributed by atoms with E-state index in [0.29, 0.717) is 12.5 Å². The Kier molecular flexibility index (Phi) is 5.12. The van der Waals surface area contributed by atoms with Gasteiger partial charge in [0.1, 0.15) is 17.9 Å². The minimum absolute atomic E-state index is 0.486. The highest BCUT2D eigenvalue weighted by Crippen LogP contribution is 2.25. The Labute approximate surface area is 101 Å². The Hall–Kier alpha value is -1.22. The number of hydrogen-bond donors (Lipinski definition) is 1. The molecule has 1 aromatic carbocycles. The topological polar surface area (TPSA) is 37.9 Å². The maximum absolute atomic E-state index is 5.55. The molecule has 16 heavy (non-hydrogen) atoms. The Morgan fingerprint density at radius 2 is 2.12 bits per heavy atom. The molecule has 0 saturated heterocycles. The summed E-state index contributed by atoms with van der Waals surface area (Å²) in [7, 11) is 0. The van der Waals surface area contributed by atoms with Crippen molar-refractivity contribution < 1.29 is 4.74 Å². The summed E-state index contributed by atoms with van der Waals surface area (Å²) in [5.74, 6) is 1.27. The van der Waals surface area contributed by atoms with Gasteiger partial charge in [0, 0.05) is 11.1 Å². The number of rotatable bonds is 3. The van der Waals surface area contributed by atoms with Crippen LogP contribution in [0.25, 0.3) is 10.9 Å². The van der Waals surface area contributed by atoms with Crippen molar-refractivity contribution in [3.05, 3.63) is 23.9 Å². The van der Waals surface area contributed by atoms with Crippen LogP contribution in [0.2, 0.25) is 0 Å². The Morgan fingerprint density at radius 1 is 1.38 bits per heavy atom. The summed E-state index contributed by atoms with van der Waals surface area (Å²) in [6.07, 6.45) is 0. The van der Waals surface area contributed by atoms with E-state index in [1.165, 1.54) is 0 Å². The monoisotopic (exact) mass is 240 g/mol. The van der Waals surface area contributed by atoms with E-state index in [0.717, 1.165) is 22.3 Å². The van der Waals surface area contributed by atoms with Crippen molar-refractivity contribution in [2.24, 2.45) is 0 Å². The zero-order chi connectivity index (χ0) is 12.0. The van der Waals surface area contributed by atoms with Crippen molar-refractivity contribution in [3.63, 3.8) is 0 Å². The number of nitrogens with zero attached hydrogens (tertiary/aromatic N) is 1. The van der Waals surface area contributed by atoms with Gasteiger partial charge < -0.3 is 4.74 Å². The number of ether oxygens (including phenoxy) is 1. The molecular weight excluding hydrogens is 224 g/mol. The van der Waals surface area contributed by atoms with E-state index in [-0.39, 0.29) is 0 Å². The summed E-state index contributed by atoms with van der Waals surface area (Å²) >= 11 is 5.55. The van der Waals surface area contributed by atoms with Crippen LogP contribution in [0.3, 0.4) is 0 Å². The van der Waals surface area contributed by atoms with Gasteiger partial charge in [0.2, 0.25) is 0 Å². The number of H-pyrrole nitrogens is 1. The van der Waals surface area contributed by atoms with Gasteiger partial charge in [-0.15, -0.1) is 11.6 Å². The predicted molar refractivity (Wildman–Crippen MR) is 68.4 cm³/mol. The lowest BCUT2D eigenvalue weighted by atomic mass is 10.2. The number of nitrogens with one attached hydrogen (secondary N) is 1. The molecule has 3 nitrogen and oxygen atoms in total. The van der Waals surface area contributed by atoms with Crippen molar-refractivity contribution in [3.8, 4) is 5.75 Å². The lowest BCUT2D eigenvalue weighted by Crippen LogP contribution is -1.98. The van der Waals surface area contributed by atoms with Crippen molar-refractivity contribution in [2.45, 2.75) is 20.8 Å². The van der Waals surface area contributed by atoms with Gasteiger partial charge in [-0.05, 0) is 13.0 Å². The third kappa shape index (κ3) is 2.67. The van der Waals surface area contributed by atoms with E-state index in [1.807, 2.05) is 39.0 Å². The third-order valence-electron chi connectivity index (χ3n) is 2.07. The van der Waals surface area contributed by atoms with Crippen LogP contribution in [0.4, 0.5) is 0 Å². The second-order valence-electron chi connectivity index (χ2n) is 3.04. The molecule has 88 valence electrons. The summed E-state index contributed by atoms with van der Waals surface area (Å²) < 4.78 is 5.47. The van der Waals surface area contributed by atoms with Crippen LogP contribution in [0.5, 0.6) is 5.75 Å². The quantitative estimate of drug-likeness (QED) is 0.834. The van der Waals surface area contributed by atoms with Gasteiger partial charge in [0.15, 0.2) is 0 Å². The fourth-order valence-corrected chi connectivity index (χ4v) is 1.48.